The molecule has 1 heterocycles. The Morgan fingerprint density at radius 1 is 1.11 bits per heavy atom. The van der Waals surface area contributed by atoms with E-state index in [0.29, 0.717) is 28.2 Å². The molecule has 0 atom stereocenters. The molecule has 0 radical (unpaired) electrons. The molecule has 3 aromatic rings. The number of carbonyl (C=O) groups is 1. The fourth-order valence-electron chi connectivity index (χ4n) is 2.37. The maximum Gasteiger partial charge on any atom is 0.234 e. The van der Waals surface area contributed by atoms with Gasteiger partial charge in [0.1, 0.15) is 11.5 Å². The second-order valence-electron chi connectivity index (χ2n) is 5.48. The quantitative estimate of drug-likeness (QED) is 0.475. The van der Waals surface area contributed by atoms with E-state index < -0.39 is 0 Å². The second kappa shape index (κ2) is 8.45. The summed E-state index contributed by atoms with van der Waals surface area (Å²) in [5.41, 5.74) is 1.43. The van der Waals surface area contributed by atoms with Crippen molar-refractivity contribution in [1.82, 2.24) is 14.9 Å². The Hall–Kier alpha value is -3.20. The molecule has 1 amide bonds. The minimum absolute atomic E-state index is 0.129. The van der Waals surface area contributed by atoms with Crippen molar-refractivity contribution in [2.75, 3.05) is 31.1 Å². The number of carbonyl (C=O) groups excluding carboxylic acids is 1. The number of ether oxygens (including phenoxy) is 2. The predicted octanol–water partition coefficient (Wildman–Crippen LogP) is 2.41. The van der Waals surface area contributed by atoms with Gasteiger partial charge in [0.15, 0.2) is 5.82 Å². The first kappa shape index (κ1) is 18.6. The van der Waals surface area contributed by atoms with Crippen molar-refractivity contribution in [1.29, 1.82) is 0 Å². The van der Waals surface area contributed by atoms with Crippen LogP contribution in [0, 0.1) is 0 Å². The van der Waals surface area contributed by atoms with Gasteiger partial charge in [-0.15, -0.1) is 10.2 Å². The standard InChI is InChI=1S/C18H19N5O3S/c1-25-14-8-13(9-15(10-14)26-2)20-16(24)11-27-18-22-21-17(23(18)19)12-6-4-3-5-7-12/h3-10H,11,19H2,1-2H3,(H,20,24). The summed E-state index contributed by atoms with van der Waals surface area (Å²) in [6, 6.07) is 14.6. The number of thioether (sulfide) groups is 1. The van der Waals surface area contributed by atoms with Gasteiger partial charge in [0.25, 0.3) is 0 Å². The van der Waals surface area contributed by atoms with Crippen molar-refractivity contribution >= 4 is 23.4 Å². The highest BCUT2D eigenvalue weighted by Gasteiger charge is 2.14. The third kappa shape index (κ3) is 4.50. The van der Waals surface area contributed by atoms with Crippen molar-refractivity contribution < 1.29 is 14.3 Å². The van der Waals surface area contributed by atoms with Crippen molar-refractivity contribution in [3.63, 3.8) is 0 Å². The Labute approximate surface area is 160 Å². The van der Waals surface area contributed by atoms with Crippen LogP contribution in [-0.4, -0.2) is 40.8 Å². The maximum atomic E-state index is 12.3. The summed E-state index contributed by atoms with van der Waals surface area (Å²) in [5, 5.41) is 11.4. The normalized spacial score (nSPS) is 10.4. The summed E-state index contributed by atoms with van der Waals surface area (Å²) in [7, 11) is 3.10. The van der Waals surface area contributed by atoms with Crippen LogP contribution in [0.4, 0.5) is 5.69 Å². The van der Waals surface area contributed by atoms with E-state index in [1.54, 1.807) is 32.4 Å². The molecule has 0 aliphatic heterocycles. The summed E-state index contributed by atoms with van der Waals surface area (Å²) in [6.07, 6.45) is 0. The number of nitrogens with one attached hydrogen (secondary N) is 1. The van der Waals surface area contributed by atoms with E-state index in [0.717, 1.165) is 5.56 Å². The monoisotopic (exact) mass is 385 g/mol. The molecule has 0 bridgehead atoms. The molecule has 0 saturated heterocycles. The molecule has 0 unspecified atom stereocenters. The fourth-order valence-corrected chi connectivity index (χ4v) is 3.02. The second-order valence-corrected chi connectivity index (χ2v) is 6.42. The van der Waals surface area contributed by atoms with Crippen LogP contribution in [0.25, 0.3) is 11.4 Å². The number of amides is 1. The highest BCUT2D eigenvalue weighted by molar-refractivity contribution is 7.99. The van der Waals surface area contributed by atoms with Gasteiger partial charge < -0.3 is 20.6 Å². The van der Waals surface area contributed by atoms with Crippen molar-refractivity contribution in [3.8, 4) is 22.9 Å². The molecule has 0 fully saturated rings. The van der Waals surface area contributed by atoms with Crippen LogP contribution in [0.1, 0.15) is 0 Å². The zero-order valence-electron chi connectivity index (χ0n) is 14.9. The van der Waals surface area contributed by atoms with Crippen LogP contribution in [0.15, 0.2) is 53.7 Å². The molecular formula is C18H19N5O3S. The number of rotatable bonds is 7. The van der Waals surface area contributed by atoms with Crippen molar-refractivity contribution in [2.24, 2.45) is 0 Å². The molecule has 140 valence electrons. The van der Waals surface area contributed by atoms with E-state index in [1.807, 2.05) is 30.3 Å². The van der Waals surface area contributed by atoms with E-state index in [2.05, 4.69) is 15.5 Å². The number of nitrogens with two attached hydrogens (primary N) is 1. The summed E-state index contributed by atoms with van der Waals surface area (Å²) in [4.78, 5) is 12.3. The third-order valence-corrected chi connectivity index (χ3v) is 4.61. The molecule has 27 heavy (non-hydrogen) atoms. The topological polar surface area (TPSA) is 104 Å². The first-order valence-corrected chi connectivity index (χ1v) is 9.01. The van der Waals surface area contributed by atoms with E-state index in [9.17, 15) is 4.79 Å². The fraction of sp³-hybridized carbons (Fsp3) is 0.167. The van der Waals surface area contributed by atoms with E-state index >= 15 is 0 Å². The summed E-state index contributed by atoms with van der Waals surface area (Å²) >= 11 is 1.20. The average molecular weight is 385 g/mol. The lowest BCUT2D eigenvalue weighted by Gasteiger charge is -2.09. The van der Waals surface area contributed by atoms with Gasteiger partial charge in [0, 0.05) is 29.4 Å². The molecule has 0 aliphatic carbocycles. The Balaban J connectivity index is 1.64. The van der Waals surface area contributed by atoms with Crippen LogP contribution in [-0.2, 0) is 4.79 Å². The first-order valence-electron chi connectivity index (χ1n) is 8.02. The Bertz CT molecular complexity index is 908. The average Bonchev–Trinajstić information content (AvgIpc) is 3.07. The van der Waals surface area contributed by atoms with Crippen LogP contribution in [0.5, 0.6) is 11.5 Å². The highest BCUT2D eigenvalue weighted by atomic mass is 32.2. The number of nitrogens with zero attached hydrogens (tertiary/aromatic N) is 3. The summed E-state index contributed by atoms with van der Waals surface area (Å²) in [5.74, 6) is 7.69. The van der Waals surface area contributed by atoms with Crippen LogP contribution < -0.4 is 20.6 Å². The maximum absolute atomic E-state index is 12.3. The molecule has 0 spiro atoms. The van der Waals surface area contributed by atoms with Gasteiger partial charge in [-0.2, -0.15) is 0 Å². The molecular weight excluding hydrogens is 366 g/mol. The summed E-state index contributed by atoms with van der Waals surface area (Å²) in [6.45, 7) is 0. The minimum Gasteiger partial charge on any atom is -0.497 e. The van der Waals surface area contributed by atoms with Gasteiger partial charge in [-0.05, 0) is 0 Å². The van der Waals surface area contributed by atoms with Gasteiger partial charge in [0.05, 0.1) is 20.0 Å². The van der Waals surface area contributed by atoms with Gasteiger partial charge in [-0.1, -0.05) is 42.1 Å². The molecule has 0 aliphatic rings. The molecule has 0 saturated carbocycles. The van der Waals surface area contributed by atoms with Gasteiger partial charge in [-0.3, -0.25) is 4.79 Å². The molecule has 1 aromatic heterocycles. The Morgan fingerprint density at radius 3 is 2.41 bits per heavy atom. The number of nitrogen functional groups attached to an aromatic ring is 1. The lowest BCUT2D eigenvalue weighted by Crippen LogP contribution is -2.16. The number of benzene rings is 2. The molecule has 3 N–H and O–H groups in total. The summed E-state index contributed by atoms with van der Waals surface area (Å²) < 4.78 is 11.8. The lowest BCUT2D eigenvalue weighted by molar-refractivity contribution is -0.113. The number of hydrogen-bond donors (Lipinski definition) is 2. The lowest BCUT2D eigenvalue weighted by atomic mass is 10.2. The molecule has 9 heteroatoms. The SMILES string of the molecule is COc1cc(NC(=O)CSc2nnc(-c3ccccc3)n2N)cc(OC)c1. The van der Waals surface area contributed by atoms with E-state index in [1.165, 1.54) is 16.4 Å². The van der Waals surface area contributed by atoms with Gasteiger partial charge in [0.2, 0.25) is 11.1 Å². The predicted molar refractivity (Wildman–Crippen MR) is 105 cm³/mol. The Morgan fingerprint density at radius 2 is 1.78 bits per heavy atom. The van der Waals surface area contributed by atoms with Gasteiger partial charge >= 0.3 is 0 Å². The van der Waals surface area contributed by atoms with E-state index in [-0.39, 0.29) is 11.7 Å². The van der Waals surface area contributed by atoms with E-state index in [4.69, 9.17) is 15.3 Å². The first-order chi connectivity index (χ1) is 13.1. The van der Waals surface area contributed by atoms with Gasteiger partial charge in [-0.25, -0.2) is 4.68 Å². The highest BCUT2D eigenvalue weighted by Crippen LogP contribution is 2.26. The zero-order valence-corrected chi connectivity index (χ0v) is 15.7. The smallest absolute Gasteiger partial charge is 0.234 e. The largest absolute Gasteiger partial charge is 0.497 e. The number of methoxy groups -OCH3 is 2. The number of hydrogen-bond acceptors (Lipinski definition) is 7. The van der Waals surface area contributed by atoms with Crippen LogP contribution in [0.2, 0.25) is 0 Å². The Kier molecular flexibility index (Phi) is 5.82. The van der Waals surface area contributed by atoms with Crippen LogP contribution in [0.3, 0.4) is 0 Å². The molecule has 3 rings (SSSR count). The number of aromatic nitrogens is 3. The molecule has 8 nitrogen and oxygen atoms in total. The number of anilines is 1. The third-order valence-electron chi connectivity index (χ3n) is 3.66. The van der Waals surface area contributed by atoms with Crippen molar-refractivity contribution in [2.45, 2.75) is 5.16 Å². The molecule has 2 aromatic carbocycles. The van der Waals surface area contributed by atoms with Crippen LogP contribution >= 0.6 is 11.8 Å². The zero-order chi connectivity index (χ0) is 19.2. The van der Waals surface area contributed by atoms with Crippen molar-refractivity contribution in [3.05, 3.63) is 48.5 Å². The minimum atomic E-state index is -0.209.